The van der Waals surface area contributed by atoms with Gasteiger partial charge in [-0.25, -0.2) is 9.59 Å². The molecule has 1 aliphatic rings. The van der Waals surface area contributed by atoms with Crippen LogP contribution in [0, 0.1) is 6.92 Å². The zero-order valence-electron chi connectivity index (χ0n) is 22.4. The number of hydrogen-bond acceptors (Lipinski definition) is 9. The number of urea groups is 1. The number of anilines is 1. The number of phenols is 1. The quantitative estimate of drug-likeness (QED) is 0.229. The van der Waals surface area contributed by atoms with Gasteiger partial charge in [0.1, 0.15) is 23.5 Å². The van der Waals surface area contributed by atoms with E-state index in [-0.39, 0.29) is 17.1 Å². The van der Waals surface area contributed by atoms with Crippen LogP contribution in [0.2, 0.25) is 0 Å². The first-order chi connectivity index (χ1) is 17.6. The van der Waals surface area contributed by atoms with Gasteiger partial charge in [0.15, 0.2) is 11.4 Å². The predicted octanol–water partition coefficient (Wildman–Crippen LogP) is 1.39. The molecule has 3 rings (SSSR count). The molecule has 0 aliphatic heterocycles. The first-order valence-corrected chi connectivity index (χ1v) is 12.1. The SMILES string of the molecule is CC(=O)c1cccc(N[C@@H]2[C@@H](N)[C@@](C)(NC(=O)N(C)C)[C@](C)(O)[C@]2(O)COC(=O)c2c(C)cccc2O)c1. The summed E-state index contributed by atoms with van der Waals surface area (Å²) in [6.07, 6.45) is 0. The van der Waals surface area contributed by atoms with Gasteiger partial charge in [-0.1, -0.05) is 24.3 Å². The molecule has 11 nitrogen and oxygen atoms in total. The smallest absolute Gasteiger partial charge is 0.342 e. The van der Waals surface area contributed by atoms with Crippen LogP contribution >= 0.6 is 0 Å². The number of nitrogens with two attached hydrogens (primary N) is 1. The number of aliphatic hydroxyl groups is 2. The van der Waals surface area contributed by atoms with Crippen LogP contribution in [-0.4, -0.2) is 87.5 Å². The maximum atomic E-state index is 13.0. The average molecular weight is 529 g/mol. The van der Waals surface area contributed by atoms with Crippen molar-refractivity contribution in [2.75, 3.05) is 26.0 Å². The normalized spacial score (nSPS) is 28.4. The Morgan fingerprint density at radius 2 is 1.74 bits per heavy atom. The number of phenolic OH excluding ortho intramolecular Hbond substituents is 1. The van der Waals surface area contributed by atoms with E-state index in [1.807, 2.05) is 0 Å². The highest BCUT2D eigenvalue weighted by Crippen LogP contribution is 2.47. The van der Waals surface area contributed by atoms with Gasteiger partial charge >= 0.3 is 12.0 Å². The summed E-state index contributed by atoms with van der Waals surface area (Å²) < 4.78 is 5.45. The van der Waals surface area contributed by atoms with E-state index >= 15 is 0 Å². The summed E-state index contributed by atoms with van der Waals surface area (Å²) in [6, 6.07) is 8.16. The van der Waals surface area contributed by atoms with Crippen molar-refractivity contribution in [3.8, 4) is 5.75 Å². The van der Waals surface area contributed by atoms with E-state index in [1.165, 1.54) is 45.8 Å². The molecular weight excluding hydrogens is 492 g/mol. The molecule has 1 fully saturated rings. The highest BCUT2D eigenvalue weighted by atomic mass is 16.5. The second-order valence-electron chi connectivity index (χ2n) is 10.4. The summed E-state index contributed by atoms with van der Waals surface area (Å²) in [5, 5.41) is 39.8. The Morgan fingerprint density at radius 1 is 1.11 bits per heavy atom. The number of rotatable bonds is 7. The Morgan fingerprint density at radius 3 is 2.32 bits per heavy atom. The fraction of sp³-hybridized carbons (Fsp3) is 0.444. The minimum absolute atomic E-state index is 0.0830. The van der Waals surface area contributed by atoms with Crippen molar-refractivity contribution in [2.45, 2.75) is 56.5 Å². The first kappa shape index (κ1) is 28.9. The number of Topliss-reactive ketones (excluding diaryl/α,β-unsaturated/α-hetero) is 1. The minimum atomic E-state index is -2.25. The van der Waals surface area contributed by atoms with Crippen LogP contribution < -0.4 is 16.4 Å². The fourth-order valence-electron chi connectivity index (χ4n) is 4.86. The molecule has 7 N–H and O–H groups in total. The van der Waals surface area contributed by atoms with E-state index in [4.69, 9.17) is 10.5 Å². The van der Waals surface area contributed by atoms with E-state index in [1.54, 1.807) is 43.3 Å². The van der Waals surface area contributed by atoms with Crippen LogP contribution in [0.4, 0.5) is 10.5 Å². The number of aromatic hydroxyl groups is 1. The molecule has 38 heavy (non-hydrogen) atoms. The molecule has 0 bridgehead atoms. The Balaban J connectivity index is 2.05. The summed E-state index contributed by atoms with van der Waals surface area (Å²) >= 11 is 0. The van der Waals surface area contributed by atoms with Crippen LogP contribution in [0.15, 0.2) is 42.5 Å². The van der Waals surface area contributed by atoms with Crippen LogP contribution in [0.1, 0.15) is 47.1 Å². The number of ether oxygens (including phenoxy) is 1. The summed E-state index contributed by atoms with van der Waals surface area (Å²) in [4.78, 5) is 38.8. The number of esters is 1. The monoisotopic (exact) mass is 528 g/mol. The van der Waals surface area contributed by atoms with E-state index in [0.717, 1.165) is 0 Å². The average Bonchev–Trinajstić information content (AvgIpc) is 2.94. The molecular formula is C27H36N4O7. The molecule has 1 aliphatic carbocycles. The van der Waals surface area contributed by atoms with E-state index < -0.39 is 47.4 Å². The van der Waals surface area contributed by atoms with Crippen LogP contribution in [0.25, 0.3) is 0 Å². The number of aryl methyl sites for hydroxylation is 1. The Hall–Kier alpha value is -3.67. The summed E-state index contributed by atoms with van der Waals surface area (Å²) in [6.45, 7) is 5.09. The largest absolute Gasteiger partial charge is 0.507 e. The first-order valence-electron chi connectivity index (χ1n) is 12.1. The van der Waals surface area contributed by atoms with Crippen molar-refractivity contribution in [3.05, 3.63) is 59.2 Å². The molecule has 2 aromatic rings. The molecule has 1 saturated carbocycles. The van der Waals surface area contributed by atoms with Crippen LogP contribution in [0.5, 0.6) is 5.75 Å². The number of benzene rings is 2. The van der Waals surface area contributed by atoms with Gasteiger partial charge in [-0.2, -0.15) is 0 Å². The zero-order valence-corrected chi connectivity index (χ0v) is 22.4. The van der Waals surface area contributed by atoms with E-state index in [2.05, 4.69) is 10.6 Å². The standard InChI is InChI=1S/C27H36N4O7/c1-15-9-7-12-19(33)20(15)23(34)38-14-27(37)22(29-18-11-8-10-17(13-18)16(2)32)21(28)25(3,26(27,4)36)30-24(35)31(5)6/h7-13,21-22,29,33,36-37H,14,28H2,1-6H3,(H,30,35)/t21-,22-,25-,26+,27+/m1/s1. The molecule has 2 amide bonds. The number of amides is 2. The molecule has 0 aromatic heterocycles. The van der Waals surface area contributed by atoms with E-state index in [9.17, 15) is 29.7 Å². The number of carbonyl (C=O) groups excluding carboxylic acids is 3. The van der Waals surface area contributed by atoms with Gasteiger partial charge in [-0.3, -0.25) is 4.79 Å². The van der Waals surface area contributed by atoms with Gasteiger partial charge in [-0.05, 0) is 51.5 Å². The number of nitrogens with zero attached hydrogens (tertiary/aromatic N) is 1. The predicted molar refractivity (Wildman–Crippen MR) is 141 cm³/mol. The third-order valence-electron chi connectivity index (χ3n) is 7.64. The third-order valence-corrected chi connectivity index (χ3v) is 7.64. The molecule has 206 valence electrons. The van der Waals surface area contributed by atoms with E-state index in [0.29, 0.717) is 16.8 Å². The highest BCUT2D eigenvalue weighted by Gasteiger charge is 2.72. The molecule has 0 spiro atoms. The topological polar surface area (TPSA) is 174 Å². The number of carbonyl (C=O) groups is 3. The van der Waals surface area contributed by atoms with Crippen molar-refractivity contribution >= 4 is 23.5 Å². The molecule has 0 unspecified atom stereocenters. The molecule has 2 aromatic carbocycles. The molecule has 0 heterocycles. The molecule has 0 radical (unpaired) electrons. The van der Waals surface area contributed by atoms with Crippen LogP contribution in [-0.2, 0) is 4.74 Å². The maximum Gasteiger partial charge on any atom is 0.342 e. The van der Waals surface area contributed by atoms with Crippen molar-refractivity contribution < 1.29 is 34.4 Å². The zero-order chi connectivity index (χ0) is 28.6. The summed E-state index contributed by atoms with van der Waals surface area (Å²) in [5.41, 5.74) is 1.79. The van der Waals surface area contributed by atoms with Crippen LogP contribution in [0.3, 0.4) is 0 Å². The molecule has 11 heteroatoms. The maximum absolute atomic E-state index is 13.0. The number of ketones is 1. The second-order valence-corrected chi connectivity index (χ2v) is 10.4. The number of nitrogens with one attached hydrogen (secondary N) is 2. The van der Waals surface area contributed by atoms with Gasteiger partial charge in [0, 0.05) is 25.3 Å². The van der Waals surface area contributed by atoms with Crippen molar-refractivity contribution in [3.63, 3.8) is 0 Å². The molecule has 5 atom stereocenters. The Kier molecular flexibility index (Phi) is 7.79. The highest BCUT2D eigenvalue weighted by molar-refractivity contribution is 5.95. The Labute approximate surface area is 221 Å². The fourth-order valence-corrected chi connectivity index (χ4v) is 4.86. The third kappa shape index (κ3) is 4.80. The second kappa shape index (κ2) is 10.2. The number of hydrogen-bond donors (Lipinski definition) is 6. The van der Waals surface area contributed by atoms with Gasteiger partial charge < -0.3 is 41.3 Å². The van der Waals surface area contributed by atoms with Gasteiger partial charge in [0.05, 0.1) is 17.6 Å². The van der Waals surface area contributed by atoms with Crippen molar-refractivity contribution in [2.24, 2.45) is 5.73 Å². The van der Waals surface area contributed by atoms with Gasteiger partial charge in [0.2, 0.25) is 0 Å². The lowest BCUT2D eigenvalue weighted by atomic mass is 9.77. The minimum Gasteiger partial charge on any atom is -0.507 e. The molecule has 0 saturated heterocycles. The van der Waals surface area contributed by atoms with Gasteiger partial charge in [-0.15, -0.1) is 0 Å². The lowest BCUT2D eigenvalue weighted by Gasteiger charge is -2.45. The lowest BCUT2D eigenvalue weighted by molar-refractivity contribution is -0.169. The van der Waals surface area contributed by atoms with Crippen molar-refractivity contribution in [1.29, 1.82) is 0 Å². The summed E-state index contributed by atoms with van der Waals surface area (Å²) in [7, 11) is 3.03. The Bertz CT molecular complexity index is 1230. The lowest BCUT2D eigenvalue weighted by Crippen LogP contribution is -2.70. The van der Waals surface area contributed by atoms with Crippen molar-refractivity contribution in [1.82, 2.24) is 10.2 Å². The summed E-state index contributed by atoms with van der Waals surface area (Å²) in [5.74, 6) is -1.39. The van der Waals surface area contributed by atoms with Gasteiger partial charge in [0.25, 0.3) is 0 Å².